The van der Waals surface area contributed by atoms with Crippen LogP contribution in [0.25, 0.3) is 0 Å². The highest BCUT2D eigenvalue weighted by Crippen LogP contribution is 2.26. The highest BCUT2D eigenvalue weighted by atomic mass is 32.1. The van der Waals surface area contributed by atoms with Crippen LogP contribution in [0.3, 0.4) is 0 Å². The monoisotopic (exact) mass is 273 g/mol. The minimum absolute atomic E-state index is 0.207. The molecule has 0 saturated heterocycles. The van der Waals surface area contributed by atoms with E-state index < -0.39 is 5.92 Å². The quantitative estimate of drug-likeness (QED) is 0.792. The summed E-state index contributed by atoms with van der Waals surface area (Å²) in [4.78, 5) is 13.0. The van der Waals surface area contributed by atoms with Gasteiger partial charge in [-0.3, -0.25) is 4.79 Å². The molecule has 1 aromatic carbocycles. The summed E-state index contributed by atoms with van der Waals surface area (Å²) in [6, 6.07) is 9.42. The first-order valence-electron chi connectivity index (χ1n) is 5.93. The van der Waals surface area contributed by atoms with E-state index in [1.54, 1.807) is 0 Å². The lowest BCUT2D eigenvalue weighted by Crippen LogP contribution is -2.11. The number of carbonyl (C=O) groups excluding carboxylic acids is 1. The van der Waals surface area contributed by atoms with Gasteiger partial charge in [-0.05, 0) is 41.1 Å². The maximum Gasteiger partial charge on any atom is 0.194 e. The Morgan fingerprint density at radius 3 is 2.63 bits per heavy atom. The molecule has 0 aliphatic carbocycles. The second kappa shape index (κ2) is 5.77. The van der Waals surface area contributed by atoms with E-state index in [0.29, 0.717) is 10.4 Å². The summed E-state index contributed by atoms with van der Waals surface area (Å²) >= 11 is 1.35. The Hall–Kier alpha value is -1.99. The van der Waals surface area contributed by atoms with Crippen LogP contribution in [0.2, 0.25) is 0 Å². The van der Waals surface area contributed by atoms with Crippen molar-refractivity contribution >= 4 is 17.1 Å². The summed E-state index contributed by atoms with van der Waals surface area (Å²) in [5.41, 5.74) is 1.49. The van der Waals surface area contributed by atoms with Gasteiger partial charge < -0.3 is 0 Å². The Labute approximate surface area is 115 Å². The van der Waals surface area contributed by atoms with Crippen molar-refractivity contribution in [3.8, 4) is 6.07 Å². The molecule has 1 heterocycles. The van der Waals surface area contributed by atoms with Gasteiger partial charge in [-0.1, -0.05) is 19.1 Å². The average Bonchev–Trinajstić information content (AvgIpc) is 2.90. The van der Waals surface area contributed by atoms with Crippen LogP contribution in [0.5, 0.6) is 0 Å². The summed E-state index contributed by atoms with van der Waals surface area (Å²) in [7, 11) is 0. The predicted molar refractivity (Wildman–Crippen MR) is 72.8 cm³/mol. The fourth-order valence-corrected chi connectivity index (χ4v) is 2.87. The molecule has 0 saturated carbocycles. The topological polar surface area (TPSA) is 40.9 Å². The molecule has 2 rings (SSSR count). The highest BCUT2D eigenvalue weighted by molar-refractivity contribution is 7.12. The second-order valence-corrected chi connectivity index (χ2v) is 5.02. The SMILES string of the molecule is CCc1ccsc1C(=O)C(C#N)c1ccc(F)cc1. The highest BCUT2D eigenvalue weighted by Gasteiger charge is 2.24. The minimum atomic E-state index is -0.871. The zero-order valence-corrected chi connectivity index (χ0v) is 11.2. The minimum Gasteiger partial charge on any atom is -0.291 e. The maximum atomic E-state index is 12.9. The number of benzene rings is 1. The molecule has 0 aliphatic rings. The van der Waals surface area contributed by atoms with Gasteiger partial charge in [-0.15, -0.1) is 11.3 Å². The number of nitrogens with zero attached hydrogens (tertiary/aromatic N) is 1. The zero-order chi connectivity index (χ0) is 13.8. The molecule has 0 N–H and O–H groups in total. The Bertz CT molecular complexity index is 624. The van der Waals surface area contributed by atoms with Gasteiger partial charge in [-0.25, -0.2) is 4.39 Å². The summed E-state index contributed by atoms with van der Waals surface area (Å²) < 4.78 is 12.9. The molecule has 0 aliphatic heterocycles. The molecule has 96 valence electrons. The molecule has 2 aromatic rings. The van der Waals surface area contributed by atoms with Crippen molar-refractivity contribution in [1.29, 1.82) is 5.26 Å². The fraction of sp³-hybridized carbons (Fsp3) is 0.200. The van der Waals surface area contributed by atoms with E-state index in [4.69, 9.17) is 0 Å². The molecular formula is C15H12FNOS. The maximum absolute atomic E-state index is 12.9. The van der Waals surface area contributed by atoms with E-state index in [2.05, 4.69) is 0 Å². The molecule has 0 radical (unpaired) electrons. The second-order valence-electron chi connectivity index (χ2n) is 4.11. The predicted octanol–water partition coefficient (Wildman–Crippen LogP) is 3.94. The van der Waals surface area contributed by atoms with E-state index in [0.717, 1.165) is 12.0 Å². The van der Waals surface area contributed by atoms with Gasteiger partial charge in [0.1, 0.15) is 11.7 Å². The molecule has 0 amide bonds. The summed E-state index contributed by atoms with van der Waals surface area (Å²) in [6.07, 6.45) is 0.756. The number of Topliss-reactive ketones (excluding diaryl/α,β-unsaturated/α-hetero) is 1. The number of nitriles is 1. The standard InChI is InChI=1S/C15H12FNOS/c1-2-10-7-8-19-15(10)14(18)13(9-17)11-3-5-12(16)6-4-11/h3-8,13H,2H2,1H3. The summed E-state index contributed by atoms with van der Waals surface area (Å²) in [5, 5.41) is 11.1. The number of halogens is 1. The van der Waals surface area contributed by atoms with Crippen molar-refractivity contribution in [2.75, 3.05) is 0 Å². The van der Waals surface area contributed by atoms with Gasteiger partial charge in [0, 0.05) is 0 Å². The number of carbonyl (C=O) groups is 1. The van der Waals surface area contributed by atoms with Crippen molar-refractivity contribution in [2.45, 2.75) is 19.3 Å². The number of ketones is 1. The third kappa shape index (κ3) is 2.72. The first-order chi connectivity index (χ1) is 9.17. The van der Waals surface area contributed by atoms with Crippen molar-refractivity contribution in [3.63, 3.8) is 0 Å². The van der Waals surface area contributed by atoms with E-state index in [1.165, 1.54) is 35.6 Å². The van der Waals surface area contributed by atoms with Crippen molar-refractivity contribution < 1.29 is 9.18 Å². The molecule has 1 unspecified atom stereocenters. The number of thiophene rings is 1. The van der Waals surface area contributed by atoms with Crippen LogP contribution < -0.4 is 0 Å². The summed E-state index contributed by atoms with van der Waals surface area (Å²) in [6.45, 7) is 1.97. The Morgan fingerprint density at radius 2 is 2.05 bits per heavy atom. The van der Waals surface area contributed by atoms with Crippen LogP contribution in [0.4, 0.5) is 4.39 Å². The van der Waals surface area contributed by atoms with E-state index in [-0.39, 0.29) is 11.6 Å². The molecule has 1 aromatic heterocycles. The van der Waals surface area contributed by atoms with E-state index >= 15 is 0 Å². The van der Waals surface area contributed by atoms with E-state index in [1.807, 2.05) is 24.4 Å². The Balaban J connectivity index is 2.35. The van der Waals surface area contributed by atoms with Gasteiger partial charge >= 0.3 is 0 Å². The third-order valence-corrected chi connectivity index (χ3v) is 3.92. The molecule has 0 bridgehead atoms. The van der Waals surface area contributed by atoms with Crippen molar-refractivity contribution in [2.24, 2.45) is 0 Å². The van der Waals surface area contributed by atoms with Crippen molar-refractivity contribution in [3.05, 3.63) is 57.5 Å². The third-order valence-electron chi connectivity index (χ3n) is 2.95. The lowest BCUT2D eigenvalue weighted by Gasteiger charge is -2.08. The van der Waals surface area contributed by atoms with Gasteiger partial charge in [0.2, 0.25) is 0 Å². The molecule has 19 heavy (non-hydrogen) atoms. The van der Waals surface area contributed by atoms with Gasteiger partial charge in [-0.2, -0.15) is 5.26 Å². The lowest BCUT2D eigenvalue weighted by atomic mass is 9.94. The van der Waals surface area contributed by atoms with Crippen LogP contribution in [0.15, 0.2) is 35.7 Å². The van der Waals surface area contributed by atoms with E-state index in [9.17, 15) is 14.4 Å². The normalized spacial score (nSPS) is 11.8. The fourth-order valence-electron chi connectivity index (χ4n) is 1.90. The smallest absolute Gasteiger partial charge is 0.194 e. The molecule has 1 atom stereocenters. The first kappa shape index (κ1) is 13.4. The largest absolute Gasteiger partial charge is 0.291 e. The van der Waals surface area contributed by atoms with Crippen LogP contribution in [0.1, 0.15) is 33.6 Å². The zero-order valence-electron chi connectivity index (χ0n) is 10.4. The van der Waals surface area contributed by atoms with Crippen molar-refractivity contribution in [1.82, 2.24) is 0 Å². The number of rotatable bonds is 4. The molecule has 0 spiro atoms. The van der Waals surface area contributed by atoms with Crippen LogP contribution in [-0.4, -0.2) is 5.78 Å². The molecule has 4 heteroatoms. The molecule has 0 fully saturated rings. The molecule has 2 nitrogen and oxygen atoms in total. The van der Waals surface area contributed by atoms with Crippen LogP contribution in [0, 0.1) is 17.1 Å². The van der Waals surface area contributed by atoms with Crippen LogP contribution >= 0.6 is 11.3 Å². The van der Waals surface area contributed by atoms with Gasteiger partial charge in [0.25, 0.3) is 0 Å². The summed E-state index contributed by atoms with van der Waals surface area (Å²) in [5.74, 6) is -1.45. The Morgan fingerprint density at radius 1 is 1.37 bits per heavy atom. The number of aryl methyl sites for hydroxylation is 1. The average molecular weight is 273 g/mol. The van der Waals surface area contributed by atoms with Gasteiger partial charge in [0.05, 0.1) is 10.9 Å². The number of hydrogen-bond acceptors (Lipinski definition) is 3. The Kier molecular flexibility index (Phi) is 4.08. The van der Waals surface area contributed by atoms with Crippen LogP contribution in [-0.2, 0) is 6.42 Å². The first-order valence-corrected chi connectivity index (χ1v) is 6.81. The lowest BCUT2D eigenvalue weighted by molar-refractivity contribution is 0.0982. The molecular weight excluding hydrogens is 261 g/mol. The number of hydrogen-bond donors (Lipinski definition) is 0. The van der Waals surface area contributed by atoms with Gasteiger partial charge in [0.15, 0.2) is 5.78 Å².